The lowest BCUT2D eigenvalue weighted by Gasteiger charge is -2.19. The fourth-order valence-corrected chi connectivity index (χ4v) is 1.68. The number of carbonyl (C=O) groups is 1. The van der Waals surface area contributed by atoms with E-state index in [4.69, 9.17) is 9.84 Å². The SMILES string of the molecule is CN(CO)CCc1ccc2c(c1)NC(=O)CO2. The zero-order chi connectivity index (χ0) is 12.3. The molecular weight excluding hydrogens is 220 g/mol. The van der Waals surface area contributed by atoms with Crippen LogP contribution >= 0.6 is 0 Å². The topological polar surface area (TPSA) is 61.8 Å². The molecule has 0 aromatic heterocycles. The number of rotatable bonds is 4. The molecule has 1 amide bonds. The molecule has 1 aromatic carbocycles. The number of ether oxygens (including phenoxy) is 1. The van der Waals surface area contributed by atoms with Crippen molar-refractivity contribution in [3.8, 4) is 5.75 Å². The van der Waals surface area contributed by atoms with Gasteiger partial charge in [-0.05, 0) is 31.2 Å². The molecule has 0 bridgehead atoms. The quantitative estimate of drug-likeness (QED) is 0.745. The number of fused-ring (bicyclic) bond motifs is 1. The monoisotopic (exact) mass is 236 g/mol. The van der Waals surface area contributed by atoms with E-state index < -0.39 is 0 Å². The summed E-state index contributed by atoms with van der Waals surface area (Å²) in [5, 5.41) is 11.7. The van der Waals surface area contributed by atoms with Crippen LogP contribution < -0.4 is 10.1 Å². The van der Waals surface area contributed by atoms with Gasteiger partial charge in [-0.15, -0.1) is 0 Å². The molecule has 17 heavy (non-hydrogen) atoms. The summed E-state index contributed by atoms with van der Waals surface area (Å²) in [6.45, 7) is 0.897. The van der Waals surface area contributed by atoms with Gasteiger partial charge < -0.3 is 15.2 Å². The lowest BCUT2D eigenvalue weighted by molar-refractivity contribution is -0.118. The molecule has 1 heterocycles. The fraction of sp³-hybridized carbons (Fsp3) is 0.417. The van der Waals surface area contributed by atoms with Crippen molar-refractivity contribution in [3.63, 3.8) is 0 Å². The van der Waals surface area contributed by atoms with Crippen LogP contribution in [0.1, 0.15) is 5.56 Å². The van der Waals surface area contributed by atoms with E-state index in [0.29, 0.717) is 5.75 Å². The van der Waals surface area contributed by atoms with E-state index in [0.717, 1.165) is 24.2 Å². The third kappa shape index (κ3) is 2.95. The Kier molecular flexibility index (Phi) is 3.61. The van der Waals surface area contributed by atoms with Gasteiger partial charge in [-0.3, -0.25) is 9.69 Å². The van der Waals surface area contributed by atoms with E-state index in [1.807, 2.05) is 30.1 Å². The van der Waals surface area contributed by atoms with E-state index in [1.54, 1.807) is 0 Å². The molecule has 5 heteroatoms. The minimum Gasteiger partial charge on any atom is -0.482 e. The number of likely N-dealkylation sites (N-methyl/N-ethyl adjacent to an activating group) is 1. The molecule has 0 fully saturated rings. The van der Waals surface area contributed by atoms with E-state index in [-0.39, 0.29) is 19.2 Å². The zero-order valence-electron chi connectivity index (χ0n) is 9.77. The highest BCUT2D eigenvalue weighted by Gasteiger charge is 2.15. The van der Waals surface area contributed by atoms with Crippen LogP contribution in [0.4, 0.5) is 5.69 Å². The first-order valence-electron chi connectivity index (χ1n) is 5.54. The van der Waals surface area contributed by atoms with Crippen molar-refractivity contribution < 1.29 is 14.6 Å². The summed E-state index contributed by atoms with van der Waals surface area (Å²) in [5.41, 5.74) is 1.83. The highest BCUT2D eigenvalue weighted by Crippen LogP contribution is 2.28. The maximum Gasteiger partial charge on any atom is 0.262 e. The van der Waals surface area contributed by atoms with Crippen LogP contribution in [0.5, 0.6) is 5.75 Å². The molecule has 5 nitrogen and oxygen atoms in total. The summed E-state index contributed by atoms with van der Waals surface area (Å²) in [7, 11) is 1.85. The Bertz CT molecular complexity index is 420. The van der Waals surface area contributed by atoms with Crippen LogP contribution in [-0.2, 0) is 11.2 Å². The molecule has 1 aliphatic heterocycles. The summed E-state index contributed by atoms with van der Waals surface area (Å²) >= 11 is 0. The molecule has 1 aliphatic rings. The average molecular weight is 236 g/mol. The van der Waals surface area contributed by atoms with Crippen molar-refractivity contribution in [1.29, 1.82) is 0 Å². The first-order chi connectivity index (χ1) is 8.19. The van der Waals surface area contributed by atoms with Gasteiger partial charge in [-0.2, -0.15) is 0 Å². The Morgan fingerprint density at radius 3 is 3.12 bits per heavy atom. The Balaban J connectivity index is 2.05. The first-order valence-corrected chi connectivity index (χ1v) is 5.54. The minimum absolute atomic E-state index is 0.0464. The lowest BCUT2D eigenvalue weighted by atomic mass is 10.1. The van der Waals surface area contributed by atoms with Gasteiger partial charge in [0.25, 0.3) is 5.91 Å². The van der Waals surface area contributed by atoms with Gasteiger partial charge in [-0.1, -0.05) is 6.07 Å². The minimum atomic E-state index is -0.123. The van der Waals surface area contributed by atoms with E-state index in [2.05, 4.69) is 5.32 Å². The summed E-state index contributed by atoms with van der Waals surface area (Å²) in [6.07, 6.45) is 0.820. The van der Waals surface area contributed by atoms with E-state index >= 15 is 0 Å². The predicted octanol–water partition coefficient (Wildman–Crippen LogP) is 0.442. The number of carbonyl (C=O) groups excluding carboxylic acids is 1. The van der Waals surface area contributed by atoms with Crippen LogP contribution in [0.15, 0.2) is 18.2 Å². The molecular formula is C12H16N2O3. The second-order valence-corrected chi connectivity index (χ2v) is 4.14. The average Bonchev–Trinajstić information content (AvgIpc) is 2.35. The van der Waals surface area contributed by atoms with Gasteiger partial charge in [0, 0.05) is 6.54 Å². The van der Waals surface area contributed by atoms with Gasteiger partial charge >= 0.3 is 0 Å². The highest BCUT2D eigenvalue weighted by molar-refractivity contribution is 5.95. The van der Waals surface area contributed by atoms with Gasteiger partial charge in [-0.25, -0.2) is 0 Å². The number of hydrogen-bond acceptors (Lipinski definition) is 4. The molecule has 2 rings (SSSR count). The number of aliphatic hydroxyl groups excluding tert-OH is 1. The standard InChI is InChI=1S/C12H16N2O3/c1-14(8-15)5-4-9-2-3-11-10(6-9)13-12(16)7-17-11/h2-3,6,15H,4-5,7-8H2,1H3,(H,13,16). The fourth-order valence-electron chi connectivity index (χ4n) is 1.68. The Morgan fingerprint density at radius 1 is 1.53 bits per heavy atom. The number of aliphatic hydroxyl groups is 1. The third-order valence-electron chi connectivity index (χ3n) is 2.70. The molecule has 92 valence electrons. The molecule has 0 spiro atoms. The van der Waals surface area contributed by atoms with Crippen LogP contribution in [0.25, 0.3) is 0 Å². The number of hydrogen-bond donors (Lipinski definition) is 2. The number of anilines is 1. The largest absolute Gasteiger partial charge is 0.482 e. The lowest BCUT2D eigenvalue weighted by Crippen LogP contribution is -2.25. The van der Waals surface area contributed by atoms with Gasteiger partial charge in [0.1, 0.15) is 5.75 Å². The van der Waals surface area contributed by atoms with Crippen molar-refractivity contribution in [2.45, 2.75) is 6.42 Å². The Hall–Kier alpha value is -1.59. The van der Waals surface area contributed by atoms with Crippen LogP contribution in [-0.4, -0.2) is 42.8 Å². The molecule has 0 atom stereocenters. The summed E-state index contributed by atoms with van der Waals surface area (Å²) in [5.74, 6) is 0.589. The number of nitrogens with one attached hydrogen (secondary N) is 1. The van der Waals surface area contributed by atoms with Crippen molar-refractivity contribution in [2.24, 2.45) is 0 Å². The third-order valence-corrected chi connectivity index (χ3v) is 2.70. The van der Waals surface area contributed by atoms with Crippen molar-refractivity contribution in [3.05, 3.63) is 23.8 Å². The first kappa shape index (κ1) is 11.9. The predicted molar refractivity (Wildman–Crippen MR) is 64.0 cm³/mol. The number of benzene rings is 1. The van der Waals surface area contributed by atoms with Gasteiger partial charge in [0.15, 0.2) is 6.61 Å². The second-order valence-electron chi connectivity index (χ2n) is 4.14. The normalized spacial score (nSPS) is 14.2. The van der Waals surface area contributed by atoms with E-state index in [9.17, 15) is 4.79 Å². The highest BCUT2D eigenvalue weighted by atomic mass is 16.5. The maximum atomic E-state index is 11.2. The van der Waals surface area contributed by atoms with Gasteiger partial charge in [0.05, 0.1) is 12.4 Å². The van der Waals surface area contributed by atoms with E-state index in [1.165, 1.54) is 0 Å². The van der Waals surface area contributed by atoms with Gasteiger partial charge in [0.2, 0.25) is 0 Å². The summed E-state index contributed by atoms with van der Waals surface area (Å²) in [6, 6.07) is 5.75. The molecule has 2 N–H and O–H groups in total. The molecule has 0 radical (unpaired) electrons. The number of nitrogens with zero attached hydrogens (tertiary/aromatic N) is 1. The maximum absolute atomic E-state index is 11.2. The van der Waals surface area contributed by atoms with Crippen LogP contribution in [0, 0.1) is 0 Å². The van der Waals surface area contributed by atoms with Crippen LogP contribution in [0.2, 0.25) is 0 Å². The summed E-state index contributed by atoms with van der Waals surface area (Å²) < 4.78 is 5.28. The molecule has 0 saturated carbocycles. The number of amides is 1. The zero-order valence-corrected chi connectivity index (χ0v) is 9.77. The molecule has 0 aliphatic carbocycles. The Labute approximate surface area is 100.0 Å². The van der Waals surface area contributed by atoms with Crippen molar-refractivity contribution in [1.82, 2.24) is 4.90 Å². The molecule has 0 saturated heterocycles. The van der Waals surface area contributed by atoms with Crippen molar-refractivity contribution in [2.75, 3.05) is 32.2 Å². The smallest absolute Gasteiger partial charge is 0.262 e. The Morgan fingerprint density at radius 2 is 2.35 bits per heavy atom. The molecule has 1 aromatic rings. The molecule has 0 unspecified atom stereocenters. The van der Waals surface area contributed by atoms with Crippen molar-refractivity contribution >= 4 is 11.6 Å². The summed E-state index contributed by atoms with van der Waals surface area (Å²) in [4.78, 5) is 13.0. The van der Waals surface area contributed by atoms with Crippen LogP contribution in [0.3, 0.4) is 0 Å². The second kappa shape index (κ2) is 5.16.